The van der Waals surface area contributed by atoms with E-state index in [4.69, 9.17) is 5.73 Å². The summed E-state index contributed by atoms with van der Waals surface area (Å²) in [5, 5.41) is 3.06. The van der Waals surface area contributed by atoms with Crippen molar-refractivity contribution in [3.8, 4) is 22.3 Å². The Hall–Kier alpha value is -2.17. The highest BCUT2D eigenvalue weighted by atomic mass is 79.9. The van der Waals surface area contributed by atoms with Crippen LogP contribution < -0.4 is 5.73 Å². The first-order valence-corrected chi connectivity index (χ1v) is 8.88. The predicted octanol–water partition coefficient (Wildman–Crippen LogP) is 5.98. The van der Waals surface area contributed by atoms with Crippen molar-refractivity contribution in [2.24, 2.45) is 0 Å². The summed E-state index contributed by atoms with van der Waals surface area (Å²) in [5.74, 6) is 0.566. The van der Waals surface area contributed by atoms with Gasteiger partial charge in [0.2, 0.25) is 0 Å². The fraction of sp³-hybridized carbons (Fsp3) is 0. The zero-order valence-corrected chi connectivity index (χ0v) is 14.6. The van der Waals surface area contributed by atoms with Gasteiger partial charge in [-0.15, -0.1) is 11.3 Å². The Balaban J connectivity index is 1.91. The average molecular weight is 381 g/mol. The number of nitrogens with two attached hydrogens (primary N) is 1. The van der Waals surface area contributed by atoms with Gasteiger partial charge < -0.3 is 5.73 Å². The molecule has 0 aliphatic heterocycles. The standard InChI is InChI=1S/C19H13BrN2S/c20-16-11-23-18-15(10-22-19(21)17(16)18)14-8-4-7-13(9-14)12-5-2-1-3-6-12/h1-11H,(H2,21,22). The molecule has 0 aliphatic rings. The summed E-state index contributed by atoms with van der Waals surface area (Å²) in [6.07, 6.45) is 1.87. The van der Waals surface area contributed by atoms with Crippen molar-refractivity contribution in [2.45, 2.75) is 0 Å². The molecule has 0 fully saturated rings. The second-order valence-corrected chi connectivity index (χ2v) is 7.03. The topological polar surface area (TPSA) is 38.9 Å². The van der Waals surface area contributed by atoms with Crippen LogP contribution in [0.1, 0.15) is 0 Å². The van der Waals surface area contributed by atoms with Crippen molar-refractivity contribution < 1.29 is 0 Å². The third kappa shape index (κ3) is 2.54. The molecule has 2 heterocycles. The second-order valence-electron chi connectivity index (χ2n) is 5.29. The van der Waals surface area contributed by atoms with Gasteiger partial charge in [0.1, 0.15) is 5.82 Å². The predicted molar refractivity (Wildman–Crippen MR) is 103 cm³/mol. The molecule has 2 nitrogen and oxygen atoms in total. The minimum Gasteiger partial charge on any atom is -0.383 e. The SMILES string of the molecule is Nc1ncc(-c2cccc(-c3ccccc3)c2)c2scc(Br)c12. The van der Waals surface area contributed by atoms with Crippen LogP contribution in [0.5, 0.6) is 0 Å². The lowest BCUT2D eigenvalue weighted by Crippen LogP contribution is -1.91. The van der Waals surface area contributed by atoms with E-state index in [1.54, 1.807) is 11.3 Å². The first-order valence-electron chi connectivity index (χ1n) is 7.21. The summed E-state index contributed by atoms with van der Waals surface area (Å²) in [7, 11) is 0. The largest absolute Gasteiger partial charge is 0.383 e. The lowest BCUT2D eigenvalue weighted by Gasteiger charge is -2.08. The molecule has 2 aromatic carbocycles. The van der Waals surface area contributed by atoms with Crippen LogP contribution in [0.4, 0.5) is 5.82 Å². The molecule has 0 bridgehead atoms. The number of aromatic nitrogens is 1. The fourth-order valence-electron chi connectivity index (χ4n) is 2.73. The van der Waals surface area contributed by atoms with Crippen molar-refractivity contribution in [3.63, 3.8) is 0 Å². The van der Waals surface area contributed by atoms with Crippen LogP contribution in [0.2, 0.25) is 0 Å². The molecule has 0 aliphatic carbocycles. The molecule has 0 saturated heterocycles. The summed E-state index contributed by atoms with van der Waals surface area (Å²) in [5.41, 5.74) is 10.7. The number of nitrogens with zero attached hydrogens (tertiary/aromatic N) is 1. The normalized spacial score (nSPS) is 11.0. The van der Waals surface area contributed by atoms with Crippen LogP contribution in [0, 0.1) is 0 Å². The van der Waals surface area contributed by atoms with Gasteiger partial charge in [0.25, 0.3) is 0 Å². The summed E-state index contributed by atoms with van der Waals surface area (Å²) in [4.78, 5) is 4.37. The molecule has 0 atom stereocenters. The van der Waals surface area contributed by atoms with E-state index in [1.165, 1.54) is 11.1 Å². The number of hydrogen-bond donors (Lipinski definition) is 1. The number of pyridine rings is 1. The maximum absolute atomic E-state index is 6.03. The summed E-state index contributed by atoms with van der Waals surface area (Å²) in [6, 6.07) is 18.9. The number of halogens is 1. The molecule has 0 amide bonds. The van der Waals surface area contributed by atoms with Gasteiger partial charge in [0.15, 0.2) is 0 Å². The van der Waals surface area contributed by atoms with Gasteiger partial charge in [-0.05, 0) is 38.7 Å². The lowest BCUT2D eigenvalue weighted by molar-refractivity contribution is 1.37. The first kappa shape index (κ1) is 14.4. The molecule has 4 heteroatoms. The molecule has 4 rings (SSSR count). The maximum atomic E-state index is 6.03. The summed E-state index contributed by atoms with van der Waals surface area (Å²) >= 11 is 5.25. The molecule has 0 saturated carbocycles. The van der Waals surface area contributed by atoms with Crippen LogP contribution >= 0.6 is 27.3 Å². The van der Waals surface area contributed by atoms with E-state index in [9.17, 15) is 0 Å². The van der Waals surface area contributed by atoms with E-state index >= 15 is 0 Å². The highest BCUT2D eigenvalue weighted by Crippen LogP contribution is 2.40. The highest BCUT2D eigenvalue weighted by molar-refractivity contribution is 9.10. The minimum atomic E-state index is 0.566. The Kier molecular flexibility index (Phi) is 3.63. The monoisotopic (exact) mass is 380 g/mol. The Morgan fingerprint density at radius 2 is 1.65 bits per heavy atom. The minimum absolute atomic E-state index is 0.566. The molecule has 2 aromatic heterocycles. The quantitative estimate of drug-likeness (QED) is 0.464. The van der Waals surface area contributed by atoms with Gasteiger partial charge in [-0.2, -0.15) is 0 Å². The van der Waals surface area contributed by atoms with E-state index in [0.717, 1.165) is 25.7 Å². The van der Waals surface area contributed by atoms with Crippen LogP contribution in [0.3, 0.4) is 0 Å². The maximum Gasteiger partial charge on any atom is 0.133 e. The Morgan fingerprint density at radius 3 is 2.48 bits per heavy atom. The van der Waals surface area contributed by atoms with Crippen molar-refractivity contribution in [1.29, 1.82) is 0 Å². The Bertz CT molecular complexity index is 993. The van der Waals surface area contributed by atoms with Crippen molar-refractivity contribution >= 4 is 43.2 Å². The van der Waals surface area contributed by atoms with E-state index in [0.29, 0.717) is 5.82 Å². The van der Waals surface area contributed by atoms with E-state index < -0.39 is 0 Å². The van der Waals surface area contributed by atoms with Gasteiger partial charge in [0, 0.05) is 31.7 Å². The fourth-order valence-corrected chi connectivity index (χ4v) is 4.52. The number of hydrogen-bond acceptors (Lipinski definition) is 3. The average Bonchev–Trinajstić information content (AvgIpc) is 2.99. The lowest BCUT2D eigenvalue weighted by atomic mass is 9.99. The van der Waals surface area contributed by atoms with Crippen LogP contribution in [0.15, 0.2) is 70.6 Å². The molecule has 0 radical (unpaired) electrons. The summed E-state index contributed by atoms with van der Waals surface area (Å²) < 4.78 is 2.16. The highest BCUT2D eigenvalue weighted by Gasteiger charge is 2.13. The molecular formula is C19H13BrN2S. The number of benzene rings is 2. The smallest absolute Gasteiger partial charge is 0.133 e. The van der Waals surface area contributed by atoms with Crippen LogP contribution in [0.25, 0.3) is 32.3 Å². The van der Waals surface area contributed by atoms with E-state index in [1.807, 2.05) is 12.3 Å². The molecule has 0 unspecified atom stereocenters. The number of rotatable bonds is 2. The third-order valence-corrected chi connectivity index (χ3v) is 5.80. The molecule has 23 heavy (non-hydrogen) atoms. The third-order valence-electron chi connectivity index (χ3n) is 3.86. The van der Waals surface area contributed by atoms with Crippen molar-refractivity contribution in [1.82, 2.24) is 4.98 Å². The zero-order valence-electron chi connectivity index (χ0n) is 12.2. The van der Waals surface area contributed by atoms with Gasteiger partial charge in [0.05, 0.1) is 0 Å². The molecule has 2 N–H and O–H groups in total. The summed E-state index contributed by atoms with van der Waals surface area (Å²) in [6.45, 7) is 0. The molecule has 112 valence electrons. The van der Waals surface area contributed by atoms with Crippen LogP contribution in [-0.4, -0.2) is 4.98 Å². The van der Waals surface area contributed by atoms with E-state index in [-0.39, 0.29) is 0 Å². The number of fused-ring (bicyclic) bond motifs is 1. The van der Waals surface area contributed by atoms with E-state index in [2.05, 4.69) is 74.8 Å². The molecule has 4 aromatic rings. The molecular weight excluding hydrogens is 368 g/mol. The van der Waals surface area contributed by atoms with Gasteiger partial charge in [-0.25, -0.2) is 4.98 Å². The second kappa shape index (κ2) is 5.80. The number of anilines is 1. The Labute approximate surface area is 146 Å². The van der Waals surface area contributed by atoms with Gasteiger partial charge in [-0.1, -0.05) is 48.5 Å². The Morgan fingerprint density at radius 1 is 0.913 bits per heavy atom. The first-order chi connectivity index (χ1) is 11.2. The molecule has 0 spiro atoms. The number of thiophene rings is 1. The van der Waals surface area contributed by atoms with Crippen molar-refractivity contribution in [2.75, 3.05) is 5.73 Å². The van der Waals surface area contributed by atoms with Crippen LogP contribution in [-0.2, 0) is 0 Å². The van der Waals surface area contributed by atoms with Gasteiger partial charge >= 0.3 is 0 Å². The van der Waals surface area contributed by atoms with Crippen molar-refractivity contribution in [3.05, 3.63) is 70.6 Å². The van der Waals surface area contributed by atoms with Gasteiger partial charge in [-0.3, -0.25) is 0 Å². The zero-order chi connectivity index (χ0) is 15.8. The number of nitrogen functional groups attached to an aromatic ring is 1.